The first-order chi connectivity index (χ1) is 9.95. The third-order valence-corrected chi connectivity index (χ3v) is 3.46. The predicted molar refractivity (Wildman–Crippen MR) is 77.5 cm³/mol. The monoisotopic (exact) mass is 286 g/mol. The van der Waals surface area contributed by atoms with Gasteiger partial charge in [0.05, 0.1) is 23.6 Å². The van der Waals surface area contributed by atoms with E-state index in [1.54, 1.807) is 7.05 Å². The Hall–Kier alpha value is -2.83. The van der Waals surface area contributed by atoms with E-state index in [4.69, 9.17) is 5.11 Å². The minimum Gasteiger partial charge on any atom is -0.476 e. The summed E-state index contributed by atoms with van der Waals surface area (Å²) in [6, 6.07) is 7.09. The number of aryl methyl sites for hydroxylation is 1. The van der Waals surface area contributed by atoms with Gasteiger partial charge in [0, 0.05) is 19.7 Å². The van der Waals surface area contributed by atoms with Crippen molar-refractivity contribution in [1.29, 1.82) is 0 Å². The maximum atomic E-state index is 11.5. The average Bonchev–Trinajstić information content (AvgIpc) is 2.80. The maximum Gasteiger partial charge on any atom is 0.356 e. The van der Waals surface area contributed by atoms with Crippen LogP contribution in [0.2, 0.25) is 0 Å². The molecule has 1 aromatic heterocycles. The zero-order chi connectivity index (χ0) is 15.1. The number of rotatable bonds is 2. The zero-order valence-electron chi connectivity index (χ0n) is 11.6. The smallest absolute Gasteiger partial charge is 0.356 e. The van der Waals surface area contributed by atoms with E-state index in [9.17, 15) is 9.59 Å². The molecule has 108 valence electrons. The Bertz CT molecular complexity index is 751. The number of carboxylic acid groups (broad SMARTS) is 1. The molecule has 0 radical (unpaired) electrons. The van der Waals surface area contributed by atoms with Crippen LogP contribution in [0.25, 0.3) is 11.3 Å². The van der Waals surface area contributed by atoms with E-state index in [0.29, 0.717) is 12.2 Å². The van der Waals surface area contributed by atoms with Crippen molar-refractivity contribution in [2.75, 3.05) is 23.8 Å². The number of aromatic carboxylic acids is 1. The van der Waals surface area contributed by atoms with Crippen LogP contribution in [-0.4, -0.2) is 40.4 Å². The number of carboxylic acids is 1. The Labute approximate surface area is 120 Å². The van der Waals surface area contributed by atoms with Crippen LogP contribution in [0, 0.1) is 0 Å². The highest BCUT2D eigenvalue weighted by atomic mass is 16.4. The standard InChI is InChI=1S/C14H14N4O3/c1-17-7-13(19)15-9-4-3-8(5-12(9)17)11-6-10(14(20)21)16-18(11)2/h3-6H,7H2,1-2H3,(H,15,19)(H,20,21). The number of hydrogen-bond acceptors (Lipinski definition) is 4. The van der Waals surface area contributed by atoms with Crippen LogP contribution in [0.4, 0.5) is 11.4 Å². The number of amides is 1. The minimum absolute atomic E-state index is 0.00637. The van der Waals surface area contributed by atoms with Crippen LogP contribution in [0.15, 0.2) is 24.3 Å². The van der Waals surface area contributed by atoms with Crippen molar-refractivity contribution in [2.24, 2.45) is 7.05 Å². The molecule has 0 saturated heterocycles. The average molecular weight is 286 g/mol. The minimum atomic E-state index is -1.06. The van der Waals surface area contributed by atoms with E-state index in [1.165, 1.54) is 10.7 Å². The molecule has 0 unspecified atom stereocenters. The third kappa shape index (κ3) is 2.22. The molecule has 1 aliphatic heterocycles. The fraction of sp³-hybridized carbons (Fsp3) is 0.214. The molecule has 1 aliphatic rings. The molecule has 2 aromatic rings. The molecule has 7 heteroatoms. The van der Waals surface area contributed by atoms with Crippen LogP contribution in [0.3, 0.4) is 0 Å². The molecule has 0 saturated carbocycles. The van der Waals surface area contributed by atoms with Gasteiger partial charge in [-0.25, -0.2) is 4.79 Å². The number of nitrogens with zero attached hydrogens (tertiary/aromatic N) is 3. The molecule has 0 spiro atoms. The summed E-state index contributed by atoms with van der Waals surface area (Å²) in [4.78, 5) is 24.3. The first-order valence-corrected chi connectivity index (χ1v) is 6.38. The largest absolute Gasteiger partial charge is 0.476 e. The lowest BCUT2D eigenvalue weighted by atomic mass is 10.1. The Morgan fingerprint density at radius 2 is 2.10 bits per heavy atom. The van der Waals surface area contributed by atoms with Gasteiger partial charge < -0.3 is 15.3 Å². The molecule has 0 atom stereocenters. The van der Waals surface area contributed by atoms with Crippen LogP contribution in [0.1, 0.15) is 10.5 Å². The fourth-order valence-electron chi connectivity index (χ4n) is 2.44. The molecule has 2 N–H and O–H groups in total. The quantitative estimate of drug-likeness (QED) is 0.865. The maximum absolute atomic E-state index is 11.5. The second kappa shape index (κ2) is 4.62. The van der Waals surface area contributed by atoms with E-state index in [2.05, 4.69) is 10.4 Å². The topological polar surface area (TPSA) is 87.5 Å². The Balaban J connectivity index is 2.07. The number of nitrogens with one attached hydrogen (secondary N) is 1. The second-order valence-corrected chi connectivity index (χ2v) is 4.98. The predicted octanol–water partition coefficient (Wildman–Crippen LogP) is 1.17. The zero-order valence-corrected chi connectivity index (χ0v) is 11.6. The van der Waals surface area contributed by atoms with Gasteiger partial charge in [0.15, 0.2) is 5.69 Å². The number of hydrogen-bond donors (Lipinski definition) is 2. The number of carbonyl (C=O) groups excluding carboxylic acids is 1. The molecule has 1 aromatic carbocycles. The van der Waals surface area contributed by atoms with Crippen molar-refractivity contribution in [2.45, 2.75) is 0 Å². The van der Waals surface area contributed by atoms with Gasteiger partial charge in [0.2, 0.25) is 5.91 Å². The van der Waals surface area contributed by atoms with Gasteiger partial charge in [-0.1, -0.05) is 6.07 Å². The summed E-state index contributed by atoms with van der Waals surface area (Å²) in [6.45, 7) is 0.294. The van der Waals surface area contributed by atoms with Gasteiger partial charge in [0.1, 0.15) is 0 Å². The first-order valence-electron chi connectivity index (χ1n) is 6.38. The Morgan fingerprint density at radius 3 is 2.76 bits per heavy atom. The summed E-state index contributed by atoms with van der Waals surface area (Å²) in [7, 11) is 3.54. The molecule has 0 bridgehead atoms. The number of fused-ring (bicyclic) bond motifs is 1. The van der Waals surface area contributed by atoms with E-state index in [-0.39, 0.29) is 11.6 Å². The van der Waals surface area contributed by atoms with Gasteiger partial charge >= 0.3 is 5.97 Å². The van der Waals surface area contributed by atoms with E-state index in [1.807, 2.05) is 30.1 Å². The SMILES string of the molecule is CN1CC(=O)Nc2ccc(-c3cc(C(=O)O)nn3C)cc21. The number of anilines is 2. The highest BCUT2D eigenvalue weighted by Crippen LogP contribution is 2.33. The molecular formula is C14H14N4O3. The van der Waals surface area contributed by atoms with Crippen LogP contribution in [0.5, 0.6) is 0 Å². The molecule has 1 amide bonds. The van der Waals surface area contributed by atoms with Crippen molar-refractivity contribution >= 4 is 23.3 Å². The Kier molecular flexibility index (Phi) is 2.90. The van der Waals surface area contributed by atoms with Crippen molar-refractivity contribution in [3.63, 3.8) is 0 Å². The van der Waals surface area contributed by atoms with Gasteiger partial charge in [-0.15, -0.1) is 0 Å². The molecule has 3 rings (SSSR count). The molecule has 2 heterocycles. The summed E-state index contributed by atoms with van der Waals surface area (Å²) in [5.74, 6) is -1.11. The van der Waals surface area contributed by atoms with Crippen molar-refractivity contribution in [3.05, 3.63) is 30.0 Å². The molecular weight excluding hydrogens is 272 g/mol. The molecule has 0 aliphatic carbocycles. The van der Waals surface area contributed by atoms with Crippen molar-refractivity contribution < 1.29 is 14.7 Å². The van der Waals surface area contributed by atoms with Gasteiger partial charge in [-0.05, 0) is 18.2 Å². The highest BCUT2D eigenvalue weighted by Gasteiger charge is 2.20. The molecule has 21 heavy (non-hydrogen) atoms. The summed E-state index contributed by atoms with van der Waals surface area (Å²) < 4.78 is 1.53. The number of likely N-dealkylation sites (N-methyl/N-ethyl adjacent to an activating group) is 1. The first kappa shape index (κ1) is 13.2. The van der Waals surface area contributed by atoms with Gasteiger partial charge in [-0.3, -0.25) is 9.48 Å². The summed E-state index contributed by atoms with van der Waals surface area (Å²) in [5.41, 5.74) is 3.20. The summed E-state index contributed by atoms with van der Waals surface area (Å²) >= 11 is 0. The van der Waals surface area contributed by atoms with Gasteiger partial charge in [-0.2, -0.15) is 5.10 Å². The van der Waals surface area contributed by atoms with Crippen LogP contribution >= 0.6 is 0 Å². The molecule has 7 nitrogen and oxygen atoms in total. The summed E-state index contributed by atoms with van der Waals surface area (Å²) in [5, 5.41) is 15.8. The van der Waals surface area contributed by atoms with Crippen LogP contribution < -0.4 is 10.2 Å². The van der Waals surface area contributed by atoms with Crippen molar-refractivity contribution in [1.82, 2.24) is 9.78 Å². The summed E-state index contributed by atoms with van der Waals surface area (Å²) in [6.07, 6.45) is 0. The lowest BCUT2D eigenvalue weighted by Gasteiger charge is -2.27. The van der Waals surface area contributed by atoms with E-state index < -0.39 is 5.97 Å². The lowest BCUT2D eigenvalue weighted by molar-refractivity contribution is -0.115. The number of aromatic nitrogens is 2. The van der Waals surface area contributed by atoms with Crippen LogP contribution in [-0.2, 0) is 11.8 Å². The van der Waals surface area contributed by atoms with Crippen molar-refractivity contribution in [3.8, 4) is 11.3 Å². The normalized spacial score (nSPS) is 13.8. The number of benzene rings is 1. The molecule has 0 fully saturated rings. The van der Waals surface area contributed by atoms with E-state index in [0.717, 1.165) is 16.9 Å². The Morgan fingerprint density at radius 1 is 1.33 bits per heavy atom. The van der Waals surface area contributed by atoms with Gasteiger partial charge in [0.25, 0.3) is 0 Å². The fourth-order valence-corrected chi connectivity index (χ4v) is 2.44. The highest BCUT2D eigenvalue weighted by molar-refractivity contribution is 6.01. The second-order valence-electron chi connectivity index (χ2n) is 4.98. The van der Waals surface area contributed by atoms with E-state index >= 15 is 0 Å². The number of carbonyl (C=O) groups is 2. The third-order valence-electron chi connectivity index (χ3n) is 3.46. The lowest BCUT2D eigenvalue weighted by Crippen LogP contribution is -2.35.